The second kappa shape index (κ2) is 9.05. The average molecular weight is 483 g/mol. The third kappa shape index (κ3) is 3.76. The maximum atomic E-state index is 12.5. The van der Waals surface area contributed by atoms with E-state index in [2.05, 4.69) is 9.88 Å². The number of nitrogens with one attached hydrogen (secondary N) is 1. The fourth-order valence-electron chi connectivity index (χ4n) is 5.13. The Morgan fingerprint density at radius 1 is 1.00 bits per heavy atom. The molecule has 36 heavy (non-hydrogen) atoms. The molecule has 1 atom stereocenters. The third-order valence-corrected chi connectivity index (χ3v) is 6.88. The first-order chi connectivity index (χ1) is 17.6. The number of amidine groups is 1. The molecule has 0 unspecified atom stereocenters. The largest absolute Gasteiger partial charge is 0.495 e. The molecule has 2 aliphatic rings. The first kappa shape index (κ1) is 22.2. The van der Waals surface area contributed by atoms with Gasteiger partial charge in [0, 0.05) is 43.3 Å². The Morgan fingerprint density at radius 2 is 1.75 bits per heavy atom. The summed E-state index contributed by atoms with van der Waals surface area (Å²) in [6.07, 6.45) is 1.79. The van der Waals surface area contributed by atoms with Crippen LogP contribution in [0.3, 0.4) is 0 Å². The Balaban J connectivity index is 1.29. The van der Waals surface area contributed by atoms with Gasteiger partial charge >= 0.3 is 5.97 Å². The van der Waals surface area contributed by atoms with Crippen LogP contribution in [0.4, 0.5) is 5.69 Å². The number of fused-ring (bicyclic) bond motifs is 3. The van der Waals surface area contributed by atoms with Crippen LogP contribution < -0.4 is 9.47 Å². The van der Waals surface area contributed by atoms with E-state index in [1.165, 1.54) is 0 Å². The standard InChI is InChI=1S/C28H26N4O4/c1-35-24-12-6-8-18-20(17-29-25(18)24)26(28(33)34)31-13-15-32(16-14-31)27-19-7-2-4-10-22(19)36-23-11-5-3-9-21(23)30-27/h2-12,17,26,29H,13-16H2,1H3,(H,33,34)/t26-/m1/s1. The number of aromatic nitrogens is 1. The zero-order chi connectivity index (χ0) is 24.6. The second-order valence-electron chi connectivity index (χ2n) is 8.89. The van der Waals surface area contributed by atoms with Gasteiger partial charge in [0.05, 0.1) is 18.2 Å². The van der Waals surface area contributed by atoms with Gasteiger partial charge in [0.2, 0.25) is 0 Å². The van der Waals surface area contributed by atoms with Gasteiger partial charge in [-0.15, -0.1) is 0 Å². The molecule has 2 aliphatic heterocycles. The molecule has 0 aliphatic carbocycles. The first-order valence-corrected chi connectivity index (χ1v) is 11.9. The molecule has 0 bridgehead atoms. The van der Waals surface area contributed by atoms with Crippen molar-refractivity contribution < 1.29 is 19.4 Å². The van der Waals surface area contributed by atoms with Crippen molar-refractivity contribution >= 4 is 28.4 Å². The highest BCUT2D eigenvalue weighted by atomic mass is 16.5. The van der Waals surface area contributed by atoms with Gasteiger partial charge in [0.25, 0.3) is 0 Å². The van der Waals surface area contributed by atoms with Gasteiger partial charge < -0.3 is 24.5 Å². The molecule has 0 radical (unpaired) electrons. The van der Waals surface area contributed by atoms with E-state index in [1.807, 2.05) is 71.6 Å². The highest BCUT2D eigenvalue weighted by molar-refractivity contribution is 6.03. The van der Waals surface area contributed by atoms with Crippen LogP contribution in [0.5, 0.6) is 17.2 Å². The van der Waals surface area contributed by atoms with Crippen molar-refractivity contribution in [1.29, 1.82) is 0 Å². The normalized spacial score (nSPS) is 16.4. The molecule has 2 N–H and O–H groups in total. The summed E-state index contributed by atoms with van der Waals surface area (Å²) in [5.41, 5.74) is 3.26. The van der Waals surface area contributed by atoms with Gasteiger partial charge in [0.1, 0.15) is 29.1 Å². The molecule has 1 fully saturated rings. The lowest BCUT2D eigenvalue weighted by Crippen LogP contribution is -2.51. The number of hydrogen-bond acceptors (Lipinski definition) is 6. The van der Waals surface area contributed by atoms with Crippen molar-refractivity contribution in [2.75, 3.05) is 33.3 Å². The molecule has 0 spiro atoms. The van der Waals surface area contributed by atoms with Crippen molar-refractivity contribution in [1.82, 2.24) is 14.8 Å². The molecule has 4 aromatic rings. The number of para-hydroxylation sites is 4. The summed E-state index contributed by atoms with van der Waals surface area (Å²) in [5.74, 6) is 2.16. The van der Waals surface area contributed by atoms with Crippen molar-refractivity contribution in [2.24, 2.45) is 4.99 Å². The van der Waals surface area contributed by atoms with Gasteiger partial charge in [-0.25, -0.2) is 4.99 Å². The molecule has 8 nitrogen and oxygen atoms in total. The monoisotopic (exact) mass is 482 g/mol. The van der Waals surface area contributed by atoms with E-state index in [0.717, 1.165) is 45.1 Å². The van der Waals surface area contributed by atoms with Gasteiger partial charge in [-0.05, 0) is 30.3 Å². The number of carboxylic acids is 1. The summed E-state index contributed by atoms with van der Waals surface area (Å²) in [5, 5.41) is 11.1. The SMILES string of the molecule is COc1cccc2c([C@H](C(=O)O)N3CCN(C4=Nc5ccccc5Oc5ccccc54)CC3)c[nH]c12. The minimum Gasteiger partial charge on any atom is -0.495 e. The smallest absolute Gasteiger partial charge is 0.325 e. The number of carboxylic acid groups (broad SMARTS) is 1. The van der Waals surface area contributed by atoms with Gasteiger partial charge in [-0.3, -0.25) is 9.69 Å². The molecule has 1 aromatic heterocycles. The van der Waals surface area contributed by atoms with E-state index in [-0.39, 0.29) is 0 Å². The number of aliphatic imine (C=N–C) groups is 1. The molecule has 1 saturated heterocycles. The molecular weight excluding hydrogens is 456 g/mol. The highest BCUT2D eigenvalue weighted by Crippen LogP contribution is 2.38. The Kier molecular flexibility index (Phi) is 5.58. The van der Waals surface area contributed by atoms with Crippen molar-refractivity contribution in [3.05, 3.63) is 84.1 Å². The number of aliphatic carboxylic acids is 1. The Morgan fingerprint density at radius 3 is 2.53 bits per heavy atom. The van der Waals surface area contributed by atoms with Crippen LogP contribution in [-0.2, 0) is 4.79 Å². The predicted octanol–water partition coefficient (Wildman–Crippen LogP) is 4.80. The Hall–Kier alpha value is -4.30. The molecule has 0 saturated carbocycles. The molecule has 3 heterocycles. The summed E-state index contributed by atoms with van der Waals surface area (Å²) in [7, 11) is 1.61. The lowest BCUT2D eigenvalue weighted by Gasteiger charge is -2.39. The van der Waals surface area contributed by atoms with Crippen LogP contribution >= 0.6 is 0 Å². The zero-order valence-electron chi connectivity index (χ0n) is 19.8. The quantitative estimate of drug-likeness (QED) is 0.434. The van der Waals surface area contributed by atoms with E-state index in [1.54, 1.807) is 13.3 Å². The number of carbonyl (C=O) groups is 1. The minimum atomic E-state index is -0.869. The van der Waals surface area contributed by atoms with Gasteiger partial charge in [-0.1, -0.05) is 36.4 Å². The summed E-state index contributed by atoms with van der Waals surface area (Å²) >= 11 is 0. The second-order valence-corrected chi connectivity index (χ2v) is 8.89. The number of benzene rings is 3. The molecule has 6 rings (SSSR count). The van der Waals surface area contributed by atoms with E-state index in [0.29, 0.717) is 31.9 Å². The lowest BCUT2D eigenvalue weighted by molar-refractivity contribution is -0.144. The molecular formula is C28H26N4O4. The van der Waals surface area contributed by atoms with Crippen LogP contribution in [0.1, 0.15) is 17.2 Å². The number of piperazine rings is 1. The van der Waals surface area contributed by atoms with Crippen molar-refractivity contribution in [3.8, 4) is 17.2 Å². The molecule has 182 valence electrons. The number of methoxy groups -OCH3 is 1. The number of hydrogen-bond donors (Lipinski definition) is 2. The summed E-state index contributed by atoms with van der Waals surface area (Å²) in [4.78, 5) is 24.9. The number of aromatic amines is 1. The van der Waals surface area contributed by atoms with E-state index >= 15 is 0 Å². The molecule has 8 heteroatoms. The number of H-pyrrole nitrogens is 1. The van der Waals surface area contributed by atoms with E-state index in [9.17, 15) is 9.90 Å². The highest BCUT2D eigenvalue weighted by Gasteiger charge is 2.34. The van der Waals surface area contributed by atoms with Crippen LogP contribution in [0, 0.1) is 0 Å². The number of ether oxygens (including phenoxy) is 2. The minimum absolute atomic E-state index is 0.581. The maximum absolute atomic E-state index is 12.5. The van der Waals surface area contributed by atoms with Gasteiger partial charge in [-0.2, -0.15) is 0 Å². The Bertz CT molecular complexity index is 1470. The number of nitrogens with zero attached hydrogens (tertiary/aromatic N) is 3. The van der Waals surface area contributed by atoms with E-state index < -0.39 is 12.0 Å². The predicted molar refractivity (Wildman–Crippen MR) is 138 cm³/mol. The summed E-state index contributed by atoms with van der Waals surface area (Å²) < 4.78 is 11.6. The van der Waals surface area contributed by atoms with Crippen LogP contribution in [0.2, 0.25) is 0 Å². The fraction of sp³-hybridized carbons (Fsp3) is 0.214. The zero-order valence-corrected chi connectivity index (χ0v) is 19.8. The van der Waals surface area contributed by atoms with Crippen LogP contribution in [-0.4, -0.2) is 65.0 Å². The number of rotatable bonds is 4. The Labute approximate surface area is 208 Å². The van der Waals surface area contributed by atoms with E-state index in [4.69, 9.17) is 14.5 Å². The lowest BCUT2D eigenvalue weighted by atomic mass is 10.0. The van der Waals surface area contributed by atoms with Crippen LogP contribution in [0.25, 0.3) is 10.9 Å². The van der Waals surface area contributed by atoms with Crippen molar-refractivity contribution in [3.63, 3.8) is 0 Å². The first-order valence-electron chi connectivity index (χ1n) is 11.9. The maximum Gasteiger partial charge on any atom is 0.325 e. The van der Waals surface area contributed by atoms with Crippen molar-refractivity contribution in [2.45, 2.75) is 6.04 Å². The summed E-state index contributed by atoms with van der Waals surface area (Å²) in [6.45, 7) is 2.45. The third-order valence-electron chi connectivity index (χ3n) is 6.88. The molecule has 0 amide bonds. The topological polar surface area (TPSA) is 90.4 Å². The summed E-state index contributed by atoms with van der Waals surface area (Å²) in [6, 6.07) is 20.6. The van der Waals surface area contributed by atoms with Gasteiger partial charge in [0.15, 0.2) is 5.75 Å². The average Bonchev–Trinajstić information content (AvgIpc) is 3.24. The molecule has 3 aromatic carbocycles. The van der Waals surface area contributed by atoms with Crippen LogP contribution in [0.15, 0.2) is 77.9 Å². The fourth-order valence-corrected chi connectivity index (χ4v) is 5.13.